The third-order valence-electron chi connectivity index (χ3n) is 2.51. The number of carbonyl (C=O) groups is 2. The van der Waals surface area contributed by atoms with Crippen LogP contribution in [0.2, 0.25) is 0 Å². The molecule has 0 bridgehead atoms. The van der Waals surface area contributed by atoms with Crippen LogP contribution in [0, 0.1) is 5.92 Å². The second-order valence-electron chi connectivity index (χ2n) is 4.28. The van der Waals surface area contributed by atoms with Crippen molar-refractivity contribution in [2.24, 2.45) is 11.7 Å². The Morgan fingerprint density at radius 3 is 2.74 bits per heavy atom. The van der Waals surface area contributed by atoms with E-state index in [0.717, 1.165) is 0 Å². The number of nitrogens with two attached hydrogens (primary N) is 1. The summed E-state index contributed by atoms with van der Waals surface area (Å²) in [7, 11) is 1.62. The maximum Gasteiger partial charge on any atom is 0.264 e. The van der Waals surface area contributed by atoms with E-state index in [1.807, 2.05) is 18.4 Å². The first-order valence-corrected chi connectivity index (χ1v) is 6.68. The van der Waals surface area contributed by atoms with Crippen molar-refractivity contribution >= 4 is 35.6 Å². The highest BCUT2D eigenvalue weighted by Crippen LogP contribution is 2.10. The van der Waals surface area contributed by atoms with Gasteiger partial charge in [0.05, 0.1) is 11.4 Å². The number of rotatable bonds is 6. The molecule has 0 aromatic carbocycles. The number of likely N-dealkylation sites (N-methyl/N-ethyl adjacent to an activating group) is 1. The zero-order valence-corrected chi connectivity index (χ0v) is 12.7. The summed E-state index contributed by atoms with van der Waals surface area (Å²) in [5.74, 6) is -0.0537. The molecule has 5 nitrogen and oxygen atoms in total. The zero-order chi connectivity index (χ0) is 13.5. The van der Waals surface area contributed by atoms with Crippen LogP contribution in [0.4, 0.5) is 0 Å². The third-order valence-corrected chi connectivity index (χ3v) is 3.37. The second kappa shape index (κ2) is 8.90. The predicted octanol–water partition coefficient (Wildman–Crippen LogP) is 0.953. The van der Waals surface area contributed by atoms with E-state index >= 15 is 0 Å². The van der Waals surface area contributed by atoms with Crippen molar-refractivity contribution in [3.8, 4) is 0 Å². The van der Waals surface area contributed by atoms with Gasteiger partial charge in [-0.3, -0.25) is 9.59 Å². The molecule has 7 heteroatoms. The Kier molecular flexibility index (Phi) is 8.38. The predicted molar refractivity (Wildman–Crippen MR) is 79.8 cm³/mol. The van der Waals surface area contributed by atoms with Crippen LogP contribution in [0.5, 0.6) is 0 Å². The summed E-state index contributed by atoms with van der Waals surface area (Å²) in [4.78, 5) is 25.5. The average molecular weight is 306 g/mol. The van der Waals surface area contributed by atoms with Gasteiger partial charge in [-0.15, -0.1) is 23.7 Å². The SMILES string of the molecule is CC(CN)CNC(=O)CN(C)C(=O)c1cccs1.Cl. The van der Waals surface area contributed by atoms with Gasteiger partial charge in [0.1, 0.15) is 0 Å². The molecule has 1 aromatic rings. The summed E-state index contributed by atoms with van der Waals surface area (Å²) in [6, 6.07) is 3.56. The molecule has 2 amide bonds. The minimum atomic E-state index is -0.164. The molecule has 1 rings (SSSR count). The molecule has 0 saturated heterocycles. The summed E-state index contributed by atoms with van der Waals surface area (Å²) in [5, 5.41) is 4.59. The van der Waals surface area contributed by atoms with Crippen molar-refractivity contribution in [2.45, 2.75) is 6.92 Å². The van der Waals surface area contributed by atoms with Gasteiger partial charge in [0, 0.05) is 13.6 Å². The lowest BCUT2D eigenvalue weighted by Crippen LogP contribution is -2.40. The van der Waals surface area contributed by atoms with Crippen molar-refractivity contribution in [1.29, 1.82) is 0 Å². The lowest BCUT2D eigenvalue weighted by molar-refractivity contribution is -0.121. The first-order chi connectivity index (χ1) is 8.54. The monoisotopic (exact) mass is 305 g/mol. The largest absolute Gasteiger partial charge is 0.354 e. The summed E-state index contributed by atoms with van der Waals surface area (Å²) in [6.07, 6.45) is 0. The van der Waals surface area contributed by atoms with Gasteiger partial charge in [-0.05, 0) is 23.9 Å². The van der Waals surface area contributed by atoms with Crippen molar-refractivity contribution in [2.75, 3.05) is 26.7 Å². The molecular weight excluding hydrogens is 286 g/mol. The third kappa shape index (κ3) is 6.04. The number of hydrogen-bond donors (Lipinski definition) is 2. The minimum Gasteiger partial charge on any atom is -0.354 e. The molecule has 0 aliphatic rings. The van der Waals surface area contributed by atoms with Gasteiger partial charge in [-0.25, -0.2) is 0 Å². The summed E-state index contributed by atoms with van der Waals surface area (Å²) in [5.41, 5.74) is 5.46. The fraction of sp³-hybridized carbons (Fsp3) is 0.500. The second-order valence-corrected chi connectivity index (χ2v) is 5.23. The Morgan fingerprint density at radius 1 is 1.53 bits per heavy atom. The molecule has 1 aromatic heterocycles. The van der Waals surface area contributed by atoms with E-state index in [4.69, 9.17) is 5.73 Å². The first-order valence-electron chi connectivity index (χ1n) is 5.80. The van der Waals surface area contributed by atoms with Crippen LogP contribution < -0.4 is 11.1 Å². The number of carbonyl (C=O) groups excluding carboxylic acids is 2. The van der Waals surface area contributed by atoms with Crippen LogP contribution in [0.3, 0.4) is 0 Å². The molecule has 19 heavy (non-hydrogen) atoms. The summed E-state index contributed by atoms with van der Waals surface area (Å²) in [6.45, 7) is 3.09. The van der Waals surface area contributed by atoms with E-state index in [-0.39, 0.29) is 36.7 Å². The molecule has 1 heterocycles. The Labute approximate surface area is 123 Å². The molecule has 108 valence electrons. The number of halogens is 1. The normalized spacial score (nSPS) is 11.3. The summed E-state index contributed by atoms with van der Waals surface area (Å²) < 4.78 is 0. The lowest BCUT2D eigenvalue weighted by Gasteiger charge is -2.17. The van der Waals surface area contributed by atoms with E-state index in [0.29, 0.717) is 18.0 Å². The Morgan fingerprint density at radius 2 is 2.21 bits per heavy atom. The van der Waals surface area contributed by atoms with Gasteiger partial charge in [-0.2, -0.15) is 0 Å². The molecule has 1 unspecified atom stereocenters. The molecule has 0 radical (unpaired) electrons. The van der Waals surface area contributed by atoms with Crippen molar-refractivity contribution in [3.63, 3.8) is 0 Å². The average Bonchev–Trinajstić information content (AvgIpc) is 2.88. The van der Waals surface area contributed by atoms with Gasteiger partial charge in [0.25, 0.3) is 5.91 Å². The lowest BCUT2D eigenvalue weighted by atomic mass is 10.2. The highest BCUT2D eigenvalue weighted by molar-refractivity contribution is 7.12. The van der Waals surface area contributed by atoms with E-state index in [9.17, 15) is 9.59 Å². The fourth-order valence-corrected chi connectivity index (χ4v) is 2.02. The van der Waals surface area contributed by atoms with Gasteiger partial charge < -0.3 is 16.0 Å². The van der Waals surface area contributed by atoms with Crippen molar-refractivity contribution in [3.05, 3.63) is 22.4 Å². The van der Waals surface area contributed by atoms with E-state index in [1.54, 1.807) is 13.1 Å². The molecule has 1 atom stereocenters. The van der Waals surface area contributed by atoms with Crippen LogP contribution in [0.1, 0.15) is 16.6 Å². The highest BCUT2D eigenvalue weighted by atomic mass is 35.5. The van der Waals surface area contributed by atoms with E-state index < -0.39 is 0 Å². The zero-order valence-electron chi connectivity index (χ0n) is 11.1. The maximum atomic E-state index is 11.9. The highest BCUT2D eigenvalue weighted by Gasteiger charge is 2.15. The molecule has 0 saturated carbocycles. The van der Waals surface area contributed by atoms with Gasteiger partial charge >= 0.3 is 0 Å². The van der Waals surface area contributed by atoms with Crippen LogP contribution in [0.25, 0.3) is 0 Å². The Bertz CT molecular complexity index is 398. The smallest absolute Gasteiger partial charge is 0.264 e. The molecule has 0 aliphatic carbocycles. The van der Waals surface area contributed by atoms with Crippen molar-refractivity contribution in [1.82, 2.24) is 10.2 Å². The molecular formula is C12H20ClN3O2S. The Balaban J connectivity index is 0.00000324. The van der Waals surface area contributed by atoms with Gasteiger partial charge in [0.2, 0.25) is 5.91 Å². The quantitative estimate of drug-likeness (QED) is 0.822. The molecule has 0 spiro atoms. The fourth-order valence-electron chi connectivity index (χ4n) is 1.30. The van der Waals surface area contributed by atoms with E-state index in [1.165, 1.54) is 16.2 Å². The van der Waals surface area contributed by atoms with Crippen molar-refractivity contribution < 1.29 is 9.59 Å². The number of nitrogens with one attached hydrogen (secondary N) is 1. The van der Waals surface area contributed by atoms with Crippen LogP contribution in [-0.2, 0) is 4.79 Å². The van der Waals surface area contributed by atoms with Crippen LogP contribution in [0.15, 0.2) is 17.5 Å². The van der Waals surface area contributed by atoms with Gasteiger partial charge in [-0.1, -0.05) is 13.0 Å². The molecule has 0 fully saturated rings. The first kappa shape index (κ1) is 17.9. The molecule has 3 N–H and O–H groups in total. The number of amides is 2. The minimum absolute atomic E-state index is 0. The number of nitrogens with zero attached hydrogens (tertiary/aromatic N) is 1. The number of hydrogen-bond acceptors (Lipinski definition) is 4. The van der Waals surface area contributed by atoms with Crippen LogP contribution >= 0.6 is 23.7 Å². The molecule has 0 aliphatic heterocycles. The number of thiophene rings is 1. The standard InChI is InChI=1S/C12H19N3O2S.ClH/c1-9(6-13)7-14-11(16)8-15(2)12(17)10-4-3-5-18-10;/h3-5,9H,6-8,13H2,1-2H3,(H,14,16);1H. The Hall–Kier alpha value is -1.11. The van der Waals surface area contributed by atoms with Crippen LogP contribution in [-0.4, -0.2) is 43.4 Å². The summed E-state index contributed by atoms with van der Waals surface area (Å²) >= 11 is 1.37. The maximum absolute atomic E-state index is 11.9. The topological polar surface area (TPSA) is 75.4 Å². The van der Waals surface area contributed by atoms with Gasteiger partial charge in [0.15, 0.2) is 0 Å². The van der Waals surface area contributed by atoms with E-state index in [2.05, 4.69) is 5.32 Å².